The van der Waals surface area contributed by atoms with Crippen molar-refractivity contribution in [3.63, 3.8) is 0 Å². The first-order chi connectivity index (χ1) is 12.2. The molecule has 0 atom stereocenters. The highest BCUT2D eigenvalue weighted by molar-refractivity contribution is 7.17. The molecule has 25 heavy (non-hydrogen) atoms. The van der Waals surface area contributed by atoms with E-state index in [4.69, 9.17) is 25.8 Å². The van der Waals surface area contributed by atoms with Gasteiger partial charge in [-0.3, -0.25) is 0 Å². The van der Waals surface area contributed by atoms with Crippen LogP contribution in [0, 0.1) is 0 Å². The Kier molecular flexibility index (Phi) is 4.56. The van der Waals surface area contributed by atoms with E-state index in [1.54, 1.807) is 6.07 Å². The van der Waals surface area contributed by atoms with E-state index >= 15 is 0 Å². The fourth-order valence-corrected chi connectivity index (χ4v) is 3.78. The van der Waals surface area contributed by atoms with E-state index in [0.717, 1.165) is 27.7 Å². The van der Waals surface area contributed by atoms with Crippen molar-refractivity contribution in [2.45, 2.75) is 6.61 Å². The number of ether oxygens (including phenoxy) is 3. The normalized spacial score (nSPS) is 12.8. The Hall–Kier alpha value is -2.16. The molecule has 0 bridgehead atoms. The van der Waals surface area contributed by atoms with Gasteiger partial charge in [-0.05, 0) is 35.9 Å². The SMILES string of the molecule is O=C(OCc1nnsc1Cl)c1ccc(-c2ccc3c(c2)OCCO3)s1. The molecule has 0 unspecified atom stereocenters. The van der Waals surface area contributed by atoms with Gasteiger partial charge in [0.15, 0.2) is 11.5 Å². The number of halogens is 1. The summed E-state index contributed by atoms with van der Waals surface area (Å²) in [6.45, 7) is 1.10. The summed E-state index contributed by atoms with van der Waals surface area (Å²) in [5.74, 6) is 1.03. The van der Waals surface area contributed by atoms with Crippen LogP contribution < -0.4 is 9.47 Å². The van der Waals surface area contributed by atoms with Gasteiger partial charge in [0, 0.05) is 16.4 Å². The maximum Gasteiger partial charge on any atom is 0.348 e. The van der Waals surface area contributed by atoms with Crippen molar-refractivity contribution in [2.75, 3.05) is 13.2 Å². The predicted molar refractivity (Wildman–Crippen MR) is 94.8 cm³/mol. The number of nitrogens with zero attached hydrogens (tertiary/aromatic N) is 2. The summed E-state index contributed by atoms with van der Waals surface area (Å²) in [4.78, 5) is 13.6. The summed E-state index contributed by atoms with van der Waals surface area (Å²) in [7, 11) is 0. The number of aromatic nitrogens is 2. The fourth-order valence-electron chi connectivity index (χ4n) is 2.29. The number of carbonyl (C=O) groups is 1. The number of carbonyl (C=O) groups excluding carboxylic acids is 1. The van der Waals surface area contributed by atoms with Gasteiger partial charge in [0.2, 0.25) is 0 Å². The van der Waals surface area contributed by atoms with Crippen LogP contribution >= 0.6 is 34.5 Å². The largest absolute Gasteiger partial charge is 0.486 e. The molecular weight excluding hydrogens is 384 g/mol. The van der Waals surface area contributed by atoms with Crippen LogP contribution in [0.25, 0.3) is 10.4 Å². The lowest BCUT2D eigenvalue weighted by Gasteiger charge is -2.18. The predicted octanol–water partition coefficient (Wildman–Crippen LogP) is 4.05. The standard InChI is InChI=1S/C16H11ClN2O4S2/c17-15-10(18-19-25-15)8-23-16(20)14-4-3-13(24-14)9-1-2-11-12(7-9)22-6-5-21-11/h1-4,7H,5-6,8H2. The van der Waals surface area contributed by atoms with E-state index in [1.807, 2.05) is 24.3 Å². The summed E-state index contributed by atoms with van der Waals surface area (Å²) in [5, 5.41) is 3.81. The van der Waals surface area contributed by atoms with E-state index in [1.165, 1.54) is 11.3 Å². The molecule has 0 fully saturated rings. The van der Waals surface area contributed by atoms with Gasteiger partial charge in [0.25, 0.3) is 0 Å². The van der Waals surface area contributed by atoms with Crippen molar-refractivity contribution in [2.24, 2.45) is 0 Å². The van der Waals surface area contributed by atoms with E-state index in [2.05, 4.69) is 9.59 Å². The molecule has 0 N–H and O–H groups in total. The second-order valence-electron chi connectivity index (χ2n) is 5.09. The topological polar surface area (TPSA) is 70.5 Å². The zero-order valence-electron chi connectivity index (χ0n) is 12.7. The molecule has 6 nitrogen and oxygen atoms in total. The molecular formula is C16H11ClN2O4S2. The van der Waals surface area contributed by atoms with Crippen molar-refractivity contribution < 1.29 is 19.0 Å². The molecule has 0 saturated heterocycles. The van der Waals surface area contributed by atoms with Gasteiger partial charge >= 0.3 is 5.97 Å². The Morgan fingerprint density at radius 2 is 2.04 bits per heavy atom. The quantitative estimate of drug-likeness (QED) is 0.622. The van der Waals surface area contributed by atoms with Crippen molar-refractivity contribution >= 4 is 40.4 Å². The number of hydrogen-bond donors (Lipinski definition) is 0. The summed E-state index contributed by atoms with van der Waals surface area (Å²) >= 11 is 8.30. The molecule has 0 saturated carbocycles. The van der Waals surface area contributed by atoms with E-state index < -0.39 is 5.97 Å². The van der Waals surface area contributed by atoms with E-state index in [-0.39, 0.29) is 6.61 Å². The average molecular weight is 395 g/mol. The van der Waals surface area contributed by atoms with E-state index in [9.17, 15) is 4.79 Å². The molecule has 1 aliphatic rings. The van der Waals surface area contributed by atoms with Crippen LogP contribution in [0.3, 0.4) is 0 Å². The molecule has 9 heteroatoms. The van der Waals surface area contributed by atoms with Gasteiger partial charge in [-0.15, -0.1) is 16.4 Å². The Balaban J connectivity index is 1.48. The molecule has 0 spiro atoms. The molecule has 0 amide bonds. The minimum absolute atomic E-state index is 0.00538. The first kappa shape index (κ1) is 16.3. The number of hydrogen-bond acceptors (Lipinski definition) is 8. The maximum absolute atomic E-state index is 12.2. The number of fused-ring (bicyclic) bond motifs is 1. The lowest BCUT2D eigenvalue weighted by atomic mass is 10.1. The van der Waals surface area contributed by atoms with Crippen molar-refractivity contribution in [3.8, 4) is 21.9 Å². The number of thiophene rings is 1. The minimum atomic E-state index is -0.419. The smallest absolute Gasteiger partial charge is 0.348 e. The van der Waals surface area contributed by atoms with E-state index in [0.29, 0.717) is 33.9 Å². The fraction of sp³-hybridized carbons (Fsp3) is 0.188. The van der Waals surface area contributed by atoms with Gasteiger partial charge in [-0.25, -0.2) is 4.79 Å². The molecule has 2 aromatic heterocycles. The van der Waals surface area contributed by atoms with Crippen molar-refractivity contribution in [1.82, 2.24) is 9.59 Å². The average Bonchev–Trinajstić information content (AvgIpc) is 3.28. The first-order valence-corrected chi connectivity index (χ1v) is 9.31. The third-order valence-corrected chi connectivity index (χ3v) is 5.58. The van der Waals surface area contributed by atoms with Crippen LogP contribution in [0.15, 0.2) is 30.3 Å². The van der Waals surface area contributed by atoms with Gasteiger partial charge in [-0.2, -0.15) is 0 Å². The highest BCUT2D eigenvalue weighted by atomic mass is 35.5. The molecule has 0 radical (unpaired) electrons. The molecule has 128 valence electrons. The van der Waals surface area contributed by atoms with Crippen LogP contribution in [-0.4, -0.2) is 28.8 Å². The van der Waals surface area contributed by atoms with Gasteiger partial charge < -0.3 is 14.2 Å². The van der Waals surface area contributed by atoms with Gasteiger partial charge in [-0.1, -0.05) is 16.1 Å². The molecule has 3 aromatic rings. The molecule has 1 aromatic carbocycles. The second-order valence-corrected chi connectivity index (χ2v) is 7.53. The van der Waals surface area contributed by atoms with Crippen LogP contribution in [0.1, 0.15) is 15.4 Å². The summed E-state index contributed by atoms with van der Waals surface area (Å²) in [5.41, 5.74) is 1.42. The summed E-state index contributed by atoms with van der Waals surface area (Å²) < 4.78 is 20.5. The Bertz CT molecular complexity index is 925. The first-order valence-electron chi connectivity index (χ1n) is 7.34. The number of rotatable bonds is 4. The zero-order valence-corrected chi connectivity index (χ0v) is 15.1. The Labute approximate surface area is 156 Å². The number of benzene rings is 1. The lowest BCUT2D eigenvalue weighted by Crippen LogP contribution is -2.15. The third-order valence-electron chi connectivity index (χ3n) is 3.48. The molecule has 0 aliphatic carbocycles. The number of esters is 1. The summed E-state index contributed by atoms with van der Waals surface area (Å²) in [6.07, 6.45) is 0. The lowest BCUT2D eigenvalue weighted by molar-refractivity contribution is 0.0474. The van der Waals surface area contributed by atoms with Gasteiger partial charge in [0.05, 0.1) is 0 Å². The highest BCUT2D eigenvalue weighted by Crippen LogP contribution is 2.37. The summed E-state index contributed by atoms with van der Waals surface area (Å²) in [6, 6.07) is 9.34. The molecule has 3 heterocycles. The molecule has 4 rings (SSSR count). The maximum atomic E-state index is 12.2. The Morgan fingerprint density at radius 3 is 2.84 bits per heavy atom. The molecule has 1 aliphatic heterocycles. The zero-order chi connectivity index (χ0) is 17.2. The Morgan fingerprint density at radius 1 is 1.20 bits per heavy atom. The van der Waals surface area contributed by atoms with Gasteiger partial charge in [0.1, 0.15) is 34.7 Å². The monoisotopic (exact) mass is 394 g/mol. The van der Waals surface area contributed by atoms with Crippen LogP contribution in [-0.2, 0) is 11.3 Å². The van der Waals surface area contributed by atoms with Crippen molar-refractivity contribution in [1.29, 1.82) is 0 Å². The van der Waals surface area contributed by atoms with Crippen LogP contribution in [0.4, 0.5) is 0 Å². The third kappa shape index (κ3) is 3.46. The van der Waals surface area contributed by atoms with Crippen molar-refractivity contribution in [3.05, 3.63) is 45.2 Å². The minimum Gasteiger partial charge on any atom is -0.486 e. The highest BCUT2D eigenvalue weighted by Gasteiger charge is 2.16. The second kappa shape index (κ2) is 6.99. The van der Waals surface area contributed by atoms with Crippen LogP contribution in [0.2, 0.25) is 4.34 Å². The van der Waals surface area contributed by atoms with Crippen LogP contribution in [0.5, 0.6) is 11.5 Å².